The van der Waals surface area contributed by atoms with Crippen LogP contribution in [-0.2, 0) is 15.9 Å². The Balaban J connectivity index is 3.28. The topological polar surface area (TPSA) is 67.7 Å². The molecule has 0 aliphatic heterocycles. The largest absolute Gasteiger partial charge is 0.352 e. The lowest BCUT2D eigenvalue weighted by Crippen LogP contribution is -2.32. The molecule has 0 radical (unpaired) electrons. The summed E-state index contributed by atoms with van der Waals surface area (Å²) in [5.74, 6) is -0.0428. The van der Waals surface area contributed by atoms with Crippen molar-refractivity contribution >= 4 is 58.2 Å². The van der Waals surface area contributed by atoms with E-state index in [2.05, 4.69) is 33.6 Å². The Morgan fingerprint density at radius 3 is 2.75 bits per heavy atom. The number of anilines is 1. The summed E-state index contributed by atoms with van der Waals surface area (Å²) in [5.41, 5.74) is 1.16. The van der Waals surface area contributed by atoms with Gasteiger partial charge in [-0.3, -0.25) is 9.59 Å². The zero-order valence-corrected chi connectivity index (χ0v) is 20.1. The van der Waals surface area contributed by atoms with E-state index in [-0.39, 0.29) is 22.7 Å². The molecule has 1 atom stereocenters. The second kappa shape index (κ2) is 13.1. The molecule has 0 bridgehead atoms. The summed E-state index contributed by atoms with van der Waals surface area (Å²) in [6, 6.07) is 0. The SMILES string of the molecule is C=C/C=C(\C=C/C)Cn1c(Cl)nc(N(C)C=O)c1C(=O)N(C)CCCOPI. The third-order valence-electron chi connectivity index (χ3n) is 3.79. The Morgan fingerprint density at radius 2 is 2.18 bits per heavy atom. The number of hydrogen-bond acceptors (Lipinski definition) is 4. The van der Waals surface area contributed by atoms with Crippen LogP contribution in [0.1, 0.15) is 23.8 Å². The molecule has 1 unspecified atom stereocenters. The van der Waals surface area contributed by atoms with Crippen molar-refractivity contribution in [1.82, 2.24) is 14.5 Å². The van der Waals surface area contributed by atoms with Gasteiger partial charge in [0.2, 0.25) is 11.7 Å². The predicted molar refractivity (Wildman–Crippen MR) is 125 cm³/mol. The minimum absolute atomic E-state index is 0.134. The van der Waals surface area contributed by atoms with E-state index in [0.29, 0.717) is 39.0 Å². The van der Waals surface area contributed by atoms with Gasteiger partial charge in [0.1, 0.15) is 0 Å². The van der Waals surface area contributed by atoms with Crippen molar-refractivity contribution in [3.63, 3.8) is 0 Å². The second-order valence-electron chi connectivity index (χ2n) is 5.84. The molecule has 154 valence electrons. The highest BCUT2D eigenvalue weighted by Gasteiger charge is 2.27. The average molecular weight is 539 g/mol. The van der Waals surface area contributed by atoms with Crippen LogP contribution < -0.4 is 4.90 Å². The van der Waals surface area contributed by atoms with Gasteiger partial charge < -0.3 is 18.9 Å². The molecule has 0 spiro atoms. The molecular formula is C18H25ClIN4O3P. The van der Waals surface area contributed by atoms with Gasteiger partial charge in [0, 0.05) is 20.6 Å². The van der Waals surface area contributed by atoms with Gasteiger partial charge in [-0.1, -0.05) is 30.9 Å². The molecule has 0 N–H and O–H groups in total. The van der Waals surface area contributed by atoms with Crippen LogP contribution in [0.3, 0.4) is 0 Å². The number of hydrogen-bond donors (Lipinski definition) is 0. The van der Waals surface area contributed by atoms with Gasteiger partial charge in [0.15, 0.2) is 11.5 Å². The van der Waals surface area contributed by atoms with Crippen molar-refractivity contribution in [3.05, 3.63) is 47.4 Å². The molecule has 1 aromatic heterocycles. The van der Waals surface area contributed by atoms with Gasteiger partial charge >= 0.3 is 0 Å². The first-order valence-electron chi connectivity index (χ1n) is 8.52. The summed E-state index contributed by atoms with van der Waals surface area (Å²) in [7, 11) is 3.24. The first-order valence-corrected chi connectivity index (χ1v) is 12.9. The summed E-state index contributed by atoms with van der Waals surface area (Å²) in [6.45, 7) is 7.42. The molecule has 0 aromatic carbocycles. The van der Waals surface area contributed by atoms with Crippen molar-refractivity contribution in [2.45, 2.75) is 19.9 Å². The second-order valence-corrected chi connectivity index (χ2v) is 7.94. The molecule has 1 aromatic rings. The number of carbonyl (C=O) groups excluding carboxylic acids is 2. The molecule has 0 aliphatic rings. The quantitative estimate of drug-likeness (QED) is 0.131. The molecule has 28 heavy (non-hydrogen) atoms. The van der Waals surface area contributed by atoms with E-state index in [1.165, 1.54) is 11.9 Å². The normalized spacial score (nSPS) is 12.1. The van der Waals surface area contributed by atoms with E-state index in [4.69, 9.17) is 16.1 Å². The number of allylic oxidation sites excluding steroid dienone is 5. The summed E-state index contributed by atoms with van der Waals surface area (Å²) >= 11 is 8.49. The maximum Gasteiger partial charge on any atom is 0.274 e. The molecule has 10 heteroatoms. The van der Waals surface area contributed by atoms with Crippen molar-refractivity contribution in [1.29, 1.82) is 0 Å². The lowest BCUT2D eigenvalue weighted by Gasteiger charge is -2.20. The number of halogens is 2. The molecule has 0 saturated carbocycles. The zero-order chi connectivity index (χ0) is 21.1. The van der Waals surface area contributed by atoms with Crippen LogP contribution in [0, 0.1) is 0 Å². The van der Waals surface area contributed by atoms with Crippen LogP contribution in [0.5, 0.6) is 0 Å². The Labute approximate surface area is 185 Å². The maximum absolute atomic E-state index is 13.1. The molecule has 1 heterocycles. The van der Waals surface area contributed by atoms with Crippen molar-refractivity contribution in [3.8, 4) is 0 Å². The fraction of sp³-hybridized carbons (Fsp3) is 0.389. The molecule has 0 saturated heterocycles. The number of aromatic nitrogens is 2. The van der Waals surface area contributed by atoms with Crippen LogP contribution in [0.2, 0.25) is 5.28 Å². The third-order valence-corrected chi connectivity index (χ3v) is 5.33. The monoisotopic (exact) mass is 538 g/mol. The Morgan fingerprint density at radius 1 is 1.46 bits per heavy atom. The van der Waals surface area contributed by atoms with E-state index in [9.17, 15) is 9.59 Å². The van der Waals surface area contributed by atoms with Gasteiger partial charge in [0.05, 0.1) is 19.6 Å². The highest BCUT2D eigenvalue weighted by Crippen LogP contribution is 2.26. The van der Waals surface area contributed by atoms with Crippen molar-refractivity contribution in [2.75, 3.05) is 32.1 Å². The number of nitrogens with zero attached hydrogens (tertiary/aromatic N) is 4. The minimum atomic E-state index is -0.265. The number of amides is 2. The first kappa shape index (κ1) is 24.8. The van der Waals surface area contributed by atoms with Crippen molar-refractivity contribution < 1.29 is 14.1 Å². The van der Waals surface area contributed by atoms with Gasteiger partial charge in [0.25, 0.3) is 5.91 Å². The first-order chi connectivity index (χ1) is 13.4. The molecule has 0 aliphatic carbocycles. The third kappa shape index (κ3) is 6.99. The fourth-order valence-corrected chi connectivity index (χ4v) is 3.58. The number of carbonyl (C=O) groups is 2. The van der Waals surface area contributed by atoms with Crippen molar-refractivity contribution in [2.24, 2.45) is 0 Å². The van der Waals surface area contributed by atoms with E-state index < -0.39 is 0 Å². The molecule has 1 rings (SSSR count). The van der Waals surface area contributed by atoms with Crippen LogP contribution in [0.4, 0.5) is 5.82 Å². The highest BCUT2D eigenvalue weighted by atomic mass is 127. The van der Waals surface area contributed by atoms with Crippen LogP contribution in [0.15, 0.2) is 36.5 Å². The molecule has 7 nitrogen and oxygen atoms in total. The Bertz CT molecular complexity index is 751. The summed E-state index contributed by atoms with van der Waals surface area (Å²) in [6.07, 6.45) is 8.60. The van der Waals surface area contributed by atoms with E-state index >= 15 is 0 Å². The van der Waals surface area contributed by atoms with Crippen LogP contribution in [-0.4, -0.2) is 54.0 Å². The Hall–Kier alpha value is -1.22. The van der Waals surface area contributed by atoms with E-state index in [1.807, 2.05) is 25.2 Å². The van der Waals surface area contributed by atoms with Crippen LogP contribution >= 0.6 is 40.1 Å². The van der Waals surface area contributed by atoms with Crippen LogP contribution in [0.25, 0.3) is 0 Å². The summed E-state index contributed by atoms with van der Waals surface area (Å²) in [5, 5.41) is 0.134. The fourth-order valence-electron chi connectivity index (χ4n) is 2.47. The predicted octanol–water partition coefficient (Wildman–Crippen LogP) is 4.24. The van der Waals surface area contributed by atoms with Gasteiger partial charge in [-0.25, -0.2) is 0 Å². The average Bonchev–Trinajstić information content (AvgIpc) is 3.00. The van der Waals surface area contributed by atoms with Gasteiger partial charge in [-0.15, -0.1) is 0 Å². The summed E-state index contributed by atoms with van der Waals surface area (Å²) < 4.78 is 6.95. The van der Waals surface area contributed by atoms with Gasteiger partial charge in [-0.2, -0.15) is 4.98 Å². The summed E-state index contributed by atoms with van der Waals surface area (Å²) in [4.78, 5) is 31.5. The van der Waals surface area contributed by atoms with Gasteiger partial charge in [-0.05, 0) is 52.6 Å². The highest BCUT2D eigenvalue weighted by molar-refractivity contribution is 14.2. The smallest absolute Gasteiger partial charge is 0.274 e. The standard InChI is InChI=1S/C18H25ClIN4O3P/c1-5-8-14(9-6-2)12-24-15(16(21-18(24)19)23(4)13-25)17(26)22(3)10-7-11-27-28-20/h5-6,8-9,13,28H,1,7,10-12H2,2-4H3/b9-6-,14-8+. The lowest BCUT2D eigenvalue weighted by atomic mass is 10.2. The number of rotatable bonds is 12. The maximum atomic E-state index is 13.1. The minimum Gasteiger partial charge on any atom is -0.352 e. The molecular weight excluding hydrogens is 514 g/mol. The van der Waals surface area contributed by atoms with E-state index in [1.54, 1.807) is 22.6 Å². The zero-order valence-electron chi connectivity index (χ0n) is 16.2. The lowest BCUT2D eigenvalue weighted by molar-refractivity contribution is -0.107. The number of imidazole rings is 1. The Kier molecular flexibility index (Phi) is 11.6. The molecule has 0 fully saturated rings. The molecule has 2 amide bonds. The van der Waals surface area contributed by atoms with E-state index in [0.717, 1.165) is 5.57 Å².